The number of nitrogens with one attached hydrogen (secondary N) is 1. The van der Waals surface area contributed by atoms with Crippen molar-refractivity contribution >= 4 is 35.0 Å². The van der Waals surface area contributed by atoms with E-state index < -0.39 is 6.04 Å². The van der Waals surface area contributed by atoms with Gasteiger partial charge in [-0.15, -0.1) is 0 Å². The summed E-state index contributed by atoms with van der Waals surface area (Å²) in [5.74, 6) is -0.229. The number of rotatable bonds is 8. The van der Waals surface area contributed by atoms with E-state index in [1.165, 1.54) is 6.42 Å². The van der Waals surface area contributed by atoms with Crippen molar-refractivity contribution in [3.05, 3.63) is 69.7 Å². The predicted molar refractivity (Wildman–Crippen MR) is 126 cm³/mol. The Kier molecular flexibility index (Phi) is 8.79. The van der Waals surface area contributed by atoms with Crippen LogP contribution >= 0.6 is 23.2 Å². The van der Waals surface area contributed by atoms with Crippen LogP contribution in [0.3, 0.4) is 0 Å². The van der Waals surface area contributed by atoms with E-state index in [1.807, 2.05) is 43.3 Å². The molecule has 0 saturated heterocycles. The molecular weight excluding hydrogens is 431 g/mol. The Morgan fingerprint density at radius 1 is 0.968 bits per heavy atom. The van der Waals surface area contributed by atoms with Crippen molar-refractivity contribution in [1.82, 2.24) is 10.2 Å². The maximum absolute atomic E-state index is 13.4. The zero-order chi connectivity index (χ0) is 22.2. The summed E-state index contributed by atoms with van der Waals surface area (Å²) in [4.78, 5) is 28.3. The Labute approximate surface area is 194 Å². The molecule has 3 rings (SSSR count). The van der Waals surface area contributed by atoms with Gasteiger partial charge in [0, 0.05) is 22.6 Å². The number of carbonyl (C=O) groups excluding carboxylic acids is 2. The van der Waals surface area contributed by atoms with Crippen LogP contribution in [0.2, 0.25) is 10.0 Å². The average molecular weight is 461 g/mol. The minimum Gasteiger partial charge on any atom is -0.352 e. The second kappa shape index (κ2) is 11.5. The first-order valence-electron chi connectivity index (χ1n) is 11.1. The summed E-state index contributed by atoms with van der Waals surface area (Å²) in [5.41, 5.74) is 1.57. The first-order chi connectivity index (χ1) is 15.0. The highest BCUT2D eigenvalue weighted by Crippen LogP contribution is 2.23. The molecule has 0 radical (unpaired) electrons. The molecule has 6 heteroatoms. The van der Waals surface area contributed by atoms with E-state index in [4.69, 9.17) is 23.2 Å². The Morgan fingerprint density at radius 2 is 1.55 bits per heavy atom. The molecule has 0 aromatic heterocycles. The normalized spacial score (nSPS) is 15.3. The fourth-order valence-corrected chi connectivity index (χ4v) is 4.58. The number of benzene rings is 2. The standard InChI is InChI=1S/C25H30Cl2N2O2/c1-2-23(25(31)28-20-12-4-3-5-13-20)29(17-19-11-7-9-15-22(19)27)24(30)16-18-10-6-8-14-21(18)26/h6-11,14-15,20,23H,2-5,12-13,16-17H2,1H3,(H,28,31). The van der Waals surface area contributed by atoms with Gasteiger partial charge >= 0.3 is 0 Å². The third kappa shape index (κ3) is 6.47. The van der Waals surface area contributed by atoms with Gasteiger partial charge < -0.3 is 10.2 Å². The number of halogens is 2. The highest BCUT2D eigenvalue weighted by Gasteiger charge is 2.30. The zero-order valence-corrected chi connectivity index (χ0v) is 19.5. The molecule has 0 spiro atoms. The SMILES string of the molecule is CCC(C(=O)NC1CCCCC1)N(Cc1ccccc1Cl)C(=O)Cc1ccccc1Cl. The third-order valence-electron chi connectivity index (χ3n) is 5.94. The van der Waals surface area contributed by atoms with Crippen molar-refractivity contribution in [3.63, 3.8) is 0 Å². The number of hydrogen-bond donors (Lipinski definition) is 1. The van der Waals surface area contributed by atoms with Crippen molar-refractivity contribution in [2.24, 2.45) is 0 Å². The quantitative estimate of drug-likeness (QED) is 0.541. The number of carbonyl (C=O) groups is 2. The van der Waals surface area contributed by atoms with Gasteiger partial charge in [-0.3, -0.25) is 9.59 Å². The van der Waals surface area contributed by atoms with E-state index in [2.05, 4.69) is 5.32 Å². The number of amides is 2. The molecule has 31 heavy (non-hydrogen) atoms. The van der Waals surface area contributed by atoms with E-state index in [0.717, 1.165) is 36.8 Å². The molecule has 1 unspecified atom stereocenters. The molecule has 0 bridgehead atoms. The van der Waals surface area contributed by atoms with Crippen LogP contribution in [0.4, 0.5) is 0 Å². The molecule has 1 aliphatic rings. The van der Waals surface area contributed by atoms with Gasteiger partial charge in [-0.05, 0) is 42.5 Å². The highest BCUT2D eigenvalue weighted by molar-refractivity contribution is 6.31. The van der Waals surface area contributed by atoms with Crippen molar-refractivity contribution < 1.29 is 9.59 Å². The van der Waals surface area contributed by atoms with Crippen molar-refractivity contribution in [1.29, 1.82) is 0 Å². The topological polar surface area (TPSA) is 49.4 Å². The van der Waals surface area contributed by atoms with Gasteiger partial charge in [-0.25, -0.2) is 0 Å². The fourth-order valence-electron chi connectivity index (χ4n) is 4.18. The van der Waals surface area contributed by atoms with Gasteiger partial charge in [0.1, 0.15) is 6.04 Å². The minimum atomic E-state index is -0.562. The molecule has 1 aliphatic carbocycles. The first kappa shape index (κ1) is 23.6. The van der Waals surface area contributed by atoms with E-state index in [9.17, 15) is 9.59 Å². The van der Waals surface area contributed by atoms with Crippen LogP contribution in [0.15, 0.2) is 48.5 Å². The van der Waals surface area contributed by atoms with Crippen molar-refractivity contribution in [2.45, 2.75) is 70.5 Å². The maximum Gasteiger partial charge on any atom is 0.243 e. The van der Waals surface area contributed by atoms with Crippen LogP contribution < -0.4 is 5.32 Å². The molecule has 1 fully saturated rings. The lowest BCUT2D eigenvalue weighted by Gasteiger charge is -2.33. The maximum atomic E-state index is 13.4. The molecular formula is C25H30Cl2N2O2. The molecule has 2 amide bonds. The van der Waals surface area contributed by atoms with Crippen molar-refractivity contribution in [2.75, 3.05) is 0 Å². The Bertz CT molecular complexity index is 897. The second-order valence-corrected chi connectivity index (χ2v) is 8.96. The summed E-state index contributed by atoms with van der Waals surface area (Å²) in [7, 11) is 0. The van der Waals surface area contributed by atoms with Crippen LogP contribution in [0, 0.1) is 0 Å². The largest absolute Gasteiger partial charge is 0.352 e. The summed E-state index contributed by atoms with van der Waals surface area (Å²) < 4.78 is 0. The van der Waals surface area contributed by atoms with Crippen LogP contribution in [0.25, 0.3) is 0 Å². The lowest BCUT2D eigenvalue weighted by atomic mass is 9.95. The Balaban J connectivity index is 1.83. The molecule has 0 aliphatic heterocycles. The molecule has 4 nitrogen and oxygen atoms in total. The van der Waals surface area contributed by atoms with Gasteiger partial charge in [-0.1, -0.05) is 85.8 Å². The summed E-state index contributed by atoms with van der Waals surface area (Å²) in [6.45, 7) is 2.22. The minimum absolute atomic E-state index is 0.0889. The molecule has 166 valence electrons. The first-order valence-corrected chi connectivity index (χ1v) is 11.8. The Hall–Kier alpha value is -2.04. The second-order valence-electron chi connectivity index (χ2n) is 8.15. The number of hydrogen-bond acceptors (Lipinski definition) is 2. The summed E-state index contributed by atoms with van der Waals surface area (Å²) in [6.07, 6.45) is 6.15. The van der Waals surface area contributed by atoms with Crippen LogP contribution in [-0.2, 0) is 22.6 Å². The summed E-state index contributed by atoms with van der Waals surface area (Å²) in [6, 6.07) is 14.4. The van der Waals surface area contributed by atoms with Crippen LogP contribution in [0.5, 0.6) is 0 Å². The average Bonchev–Trinajstić information content (AvgIpc) is 2.77. The predicted octanol–water partition coefficient (Wildman–Crippen LogP) is 5.79. The summed E-state index contributed by atoms with van der Waals surface area (Å²) in [5, 5.41) is 4.32. The number of nitrogens with zero attached hydrogens (tertiary/aromatic N) is 1. The molecule has 0 heterocycles. The fraction of sp³-hybridized carbons (Fsp3) is 0.440. The van der Waals surface area contributed by atoms with Gasteiger partial charge in [0.15, 0.2) is 0 Å². The zero-order valence-electron chi connectivity index (χ0n) is 17.9. The molecule has 2 aromatic rings. The van der Waals surface area contributed by atoms with Crippen LogP contribution in [-0.4, -0.2) is 28.8 Å². The lowest BCUT2D eigenvalue weighted by Crippen LogP contribution is -2.52. The van der Waals surface area contributed by atoms with Crippen molar-refractivity contribution in [3.8, 4) is 0 Å². The van der Waals surface area contributed by atoms with Crippen LogP contribution in [0.1, 0.15) is 56.6 Å². The lowest BCUT2D eigenvalue weighted by molar-refractivity contribution is -0.141. The van der Waals surface area contributed by atoms with E-state index in [-0.39, 0.29) is 30.8 Å². The molecule has 1 atom stereocenters. The van der Waals surface area contributed by atoms with E-state index >= 15 is 0 Å². The molecule has 1 N–H and O–H groups in total. The molecule has 1 saturated carbocycles. The Morgan fingerprint density at radius 3 is 2.13 bits per heavy atom. The van der Waals surface area contributed by atoms with Gasteiger partial charge in [0.25, 0.3) is 0 Å². The van der Waals surface area contributed by atoms with E-state index in [0.29, 0.717) is 16.5 Å². The van der Waals surface area contributed by atoms with Gasteiger partial charge in [0.05, 0.1) is 6.42 Å². The molecule has 2 aromatic carbocycles. The third-order valence-corrected chi connectivity index (χ3v) is 6.67. The smallest absolute Gasteiger partial charge is 0.243 e. The van der Waals surface area contributed by atoms with E-state index in [1.54, 1.807) is 17.0 Å². The highest BCUT2D eigenvalue weighted by atomic mass is 35.5. The summed E-state index contributed by atoms with van der Waals surface area (Å²) >= 11 is 12.7. The monoisotopic (exact) mass is 460 g/mol. The van der Waals surface area contributed by atoms with Gasteiger partial charge in [0.2, 0.25) is 11.8 Å². The van der Waals surface area contributed by atoms with Gasteiger partial charge in [-0.2, -0.15) is 0 Å².